The van der Waals surface area contributed by atoms with Gasteiger partial charge in [0.25, 0.3) is 0 Å². The maximum Gasteiger partial charge on any atom is 0.162 e. The van der Waals surface area contributed by atoms with Crippen LogP contribution in [0.1, 0.15) is 25.7 Å². The zero-order valence-electron chi connectivity index (χ0n) is 6.43. The minimum absolute atomic E-state index is 0.615. The van der Waals surface area contributed by atoms with Gasteiger partial charge in [0, 0.05) is 5.92 Å². The summed E-state index contributed by atoms with van der Waals surface area (Å²) < 4.78 is 5.32. The van der Waals surface area contributed by atoms with E-state index in [1.165, 1.54) is 25.7 Å². The van der Waals surface area contributed by atoms with E-state index in [0.29, 0.717) is 5.92 Å². The average molecular weight is 174 g/mol. The third kappa shape index (κ3) is 2.06. The van der Waals surface area contributed by atoms with Crippen molar-refractivity contribution in [2.45, 2.75) is 25.7 Å². The molecular formula is C7H14OSSi. The van der Waals surface area contributed by atoms with Crippen LogP contribution in [0.2, 0.25) is 0 Å². The second-order valence-corrected chi connectivity index (χ2v) is 3.71. The first-order chi connectivity index (χ1) is 4.84. The molecular weight excluding hydrogens is 160 g/mol. The Kier molecular flexibility index (Phi) is 3.35. The Morgan fingerprint density at radius 2 is 2.10 bits per heavy atom. The third-order valence-electron chi connectivity index (χ3n) is 1.98. The Morgan fingerprint density at radius 1 is 1.50 bits per heavy atom. The van der Waals surface area contributed by atoms with Gasteiger partial charge in [0.05, 0.1) is 16.5 Å². The van der Waals surface area contributed by atoms with Gasteiger partial charge in [-0.2, -0.15) is 0 Å². The minimum atomic E-state index is 0.615. The van der Waals surface area contributed by atoms with E-state index in [1.807, 2.05) is 0 Å². The molecule has 1 fully saturated rings. The molecule has 58 valence electrons. The molecule has 0 bridgehead atoms. The van der Waals surface area contributed by atoms with Crippen LogP contribution in [-0.4, -0.2) is 21.5 Å². The molecule has 0 amide bonds. The molecule has 1 aliphatic rings. The van der Waals surface area contributed by atoms with Crippen molar-refractivity contribution in [1.82, 2.24) is 0 Å². The summed E-state index contributed by atoms with van der Waals surface area (Å²) in [6.07, 6.45) is 6.08. The zero-order chi connectivity index (χ0) is 7.40. The average Bonchev–Trinajstić information content (AvgIpc) is 2.38. The lowest BCUT2D eigenvalue weighted by Crippen LogP contribution is -2.12. The third-order valence-corrected chi connectivity index (χ3v) is 2.71. The molecule has 0 aromatic heterocycles. The lowest BCUT2D eigenvalue weighted by molar-refractivity contribution is 0.354. The Hall–Kier alpha value is 0.107. The molecule has 0 aromatic rings. The van der Waals surface area contributed by atoms with Crippen LogP contribution in [0, 0.1) is 5.92 Å². The second-order valence-electron chi connectivity index (χ2n) is 2.73. The Bertz CT molecular complexity index is 121. The first kappa shape index (κ1) is 8.21. The van der Waals surface area contributed by atoms with Crippen LogP contribution >= 0.6 is 12.2 Å². The van der Waals surface area contributed by atoms with Crippen LogP contribution in [0.4, 0.5) is 0 Å². The van der Waals surface area contributed by atoms with E-state index < -0.39 is 0 Å². The molecule has 0 heterocycles. The lowest BCUT2D eigenvalue weighted by Gasteiger charge is -2.10. The van der Waals surface area contributed by atoms with Gasteiger partial charge in [-0.05, 0) is 25.1 Å². The van der Waals surface area contributed by atoms with Crippen LogP contribution in [0.25, 0.3) is 0 Å². The Balaban J connectivity index is 2.25. The number of ether oxygens (including phenoxy) is 1. The minimum Gasteiger partial charge on any atom is -0.491 e. The molecule has 1 aliphatic carbocycles. The molecule has 0 radical (unpaired) electrons. The zero-order valence-corrected chi connectivity index (χ0v) is 9.25. The van der Waals surface area contributed by atoms with Crippen LogP contribution in [-0.2, 0) is 4.74 Å². The maximum absolute atomic E-state index is 5.32. The van der Waals surface area contributed by atoms with Crippen molar-refractivity contribution in [3.63, 3.8) is 0 Å². The van der Waals surface area contributed by atoms with E-state index in [4.69, 9.17) is 17.0 Å². The second kappa shape index (κ2) is 4.08. The molecule has 1 nitrogen and oxygen atoms in total. The molecule has 0 spiro atoms. The number of thiocarbonyl (C=S) groups is 1. The fourth-order valence-electron chi connectivity index (χ4n) is 1.42. The first-order valence-corrected chi connectivity index (χ1v) is 5.83. The molecule has 0 aliphatic heterocycles. The molecule has 10 heavy (non-hydrogen) atoms. The predicted molar refractivity (Wildman–Crippen MR) is 50.4 cm³/mol. The lowest BCUT2D eigenvalue weighted by atomic mass is 10.1. The van der Waals surface area contributed by atoms with Crippen molar-refractivity contribution in [3.8, 4) is 0 Å². The Morgan fingerprint density at radius 3 is 2.60 bits per heavy atom. The van der Waals surface area contributed by atoms with Gasteiger partial charge in [0.2, 0.25) is 0 Å². The predicted octanol–water partition coefficient (Wildman–Crippen LogP) is 0.843. The van der Waals surface area contributed by atoms with E-state index in [1.54, 1.807) is 0 Å². The quantitative estimate of drug-likeness (QED) is 0.453. The standard InChI is InChI=1S/C7H14OSSi/c9-7(8-5-10)6-3-1-2-4-6/h6H,1-5H2,10H3. The van der Waals surface area contributed by atoms with Crippen LogP contribution in [0.3, 0.4) is 0 Å². The van der Waals surface area contributed by atoms with Gasteiger partial charge >= 0.3 is 0 Å². The highest BCUT2D eigenvalue weighted by Gasteiger charge is 2.19. The summed E-state index contributed by atoms with van der Waals surface area (Å²) in [5, 5.41) is 0.882. The van der Waals surface area contributed by atoms with Crippen molar-refractivity contribution in [1.29, 1.82) is 0 Å². The van der Waals surface area contributed by atoms with E-state index in [2.05, 4.69) is 0 Å². The van der Waals surface area contributed by atoms with Crippen LogP contribution < -0.4 is 0 Å². The van der Waals surface area contributed by atoms with Crippen LogP contribution in [0.5, 0.6) is 0 Å². The van der Waals surface area contributed by atoms with Gasteiger partial charge < -0.3 is 4.74 Å². The molecule has 1 saturated carbocycles. The summed E-state index contributed by atoms with van der Waals surface area (Å²) in [5.74, 6) is 0.615. The van der Waals surface area contributed by atoms with E-state index in [-0.39, 0.29) is 0 Å². The molecule has 0 aromatic carbocycles. The van der Waals surface area contributed by atoms with Crippen molar-refractivity contribution in [3.05, 3.63) is 0 Å². The summed E-state index contributed by atoms with van der Waals surface area (Å²) in [6, 6.07) is 0. The largest absolute Gasteiger partial charge is 0.491 e. The maximum atomic E-state index is 5.32. The van der Waals surface area contributed by atoms with Gasteiger partial charge in [-0.15, -0.1) is 0 Å². The number of rotatable bonds is 2. The highest BCUT2D eigenvalue weighted by atomic mass is 32.1. The summed E-state index contributed by atoms with van der Waals surface area (Å²) in [7, 11) is 1.10. The number of hydrogen-bond acceptors (Lipinski definition) is 2. The molecule has 0 saturated heterocycles. The van der Waals surface area contributed by atoms with Gasteiger partial charge in [0.1, 0.15) is 0 Å². The van der Waals surface area contributed by atoms with Crippen molar-refractivity contribution in [2.75, 3.05) is 6.23 Å². The SMILES string of the molecule is [SiH3]COC(=S)C1CCCC1. The summed E-state index contributed by atoms with van der Waals surface area (Å²) in [4.78, 5) is 0. The fraction of sp³-hybridized carbons (Fsp3) is 0.857. The van der Waals surface area contributed by atoms with Crippen molar-refractivity contribution >= 4 is 27.5 Å². The normalized spacial score (nSPS) is 19.6. The molecule has 0 N–H and O–H groups in total. The van der Waals surface area contributed by atoms with Crippen molar-refractivity contribution < 1.29 is 4.74 Å². The Labute approximate surface area is 70.6 Å². The fourth-order valence-corrected chi connectivity index (χ4v) is 2.30. The van der Waals surface area contributed by atoms with Gasteiger partial charge in [0.15, 0.2) is 5.05 Å². The summed E-state index contributed by atoms with van der Waals surface area (Å²) in [5.41, 5.74) is 0. The smallest absolute Gasteiger partial charge is 0.162 e. The van der Waals surface area contributed by atoms with Gasteiger partial charge in [-0.1, -0.05) is 12.8 Å². The topological polar surface area (TPSA) is 9.23 Å². The molecule has 0 atom stereocenters. The van der Waals surface area contributed by atoms with E-state index >= 15 is 0 Å². The molecule has 3 heteroatoms. The number of hydrogen-bond donors (Lipinski definition) is 0. The first-order valence-electron chi connectivity index (χ1n) is 4.01. The summed E-state index contributed by atoms with van der Waals surface area (Å²) >= 11 is 5.11. The summed E-state index contributed by atoms with van der Waals surface area (Å²) in [6.45, 7) is 0. The van der Waals surface area contributed by atoms with Crippen molar-refractivity contribution in [2.24, 2.45) is 5.92 Å². The molecule has 0 unspecified atom stereocenters. The van der Waals surface area contributed by atoms with E-state index in [0.717, 1.165) is 21.5 Å². The van der Waals surface area contributed by atoms with E-state index in [9.17, 15) is 0 Å². The van der Waals surface area contributed by atoms with Crippen LogP contribution in [0.15, 0.2) is 0 Å². The highest BCUT2D eigenvalue weighted by molar-refractivity contribution is 7.80. The monoisotopic (exact) mass is 174 g/mol. The van der Waals surface area contributed by atoms with Gasteiger partial charge in [-0.3, -0.25) is 0 Å². The molecule has 1 rings (SSSR count). The highest BCUT2D eigenvalue weighted by Crippen LogP contribution is 2.26. The van der Waals surface area contributed by atoms with Gasteiger partial charge in [-0.25, -0.2) is 0 Å².